The normalized spacial score (nSPS) is 11.7. The van der Waals surface area contributed by atoms with Gasteiger partial charge in [0, 0.05) is 5.39 Å². The number of amides is 2. The third kappa shape index (κ3) is 3.70. The highest BCUT2D eigenvalue weighted by Gasteiger charge is 2.16. The molecule has 0 aliphatic carbocycles. The Morgan fingerprint density at radius 2 is 1.90 bits per heavy atom. The van der Waals surface area contributed by atoms with Gasteiger partial charge in [-0.3, -0.25) is 0 Å². The molecule has 0 aromatic heterocycles. The van der Waals surface area contributed by atoms with Gasteiger partial charge in [0.15, 0.2) is 6.10 Å². The molecule has 0 aliphatic heterocycles. The minimum Gasteiger partial charge on any atom is -0.467 e. The number of esters is 1. The van der Waals surface area contributed by atoms with Gasteiger partial charge in [-0.25, -0.2) is 9.59 Å². The SMILES string of the molecule is COC(=O)C(O)CNC(=O)Nc1cccc2ccccc12. The van der Waals surface area contributed by atoms with Crippen LogP contribution in [0.3, 0.4) is 0 Å². The Morgan fingerprint density at radius 3 is 2.67 bits per heavy atom. The van der Waals surface area contributed by atoms with E-state index < -0.39 is 18.1 Å². The lowest BCUT2D eigenvalue weighted by Gasteiger charge is -2.12. The van der Waals surface area contributed by atoms with Gasteiger partial charge in [0.2, 0.25) is 0 Å². The summed E-state index contributed by atoms with van der Waals surface area (Å²) in [6.07, 6.45) is -1.38. The number of anilines is 1. The molecule has 6 heteroatoms. The smallest absolute Gasteiger partial charge is 0.336 e. The molecule has 0 radical (unpaired) electrons. The second-order valence-electron chi connectivity index (χ2n) is 4.40. The van der Waals surface area contributed by atoms with Crippen molar-refractivity contribution >= 4 is 28.5 Å². The number of hydrogen-bond donors (Lipinski definition) is 3. The number of rotatable bonds is 4. The van der Waals surface area contributed by atoms with Crippen molar-refractivity contribution in [2.75, 3.05) is 19.0 Å². The fraction of sp³-hybridized carbons (Fsp3) is 0.200. The third-order valence-electron chi connectivity index (χ3n) is 2.97. The summed E-state index contributed by atoms with van der Waals surface area (Å²) in [5.74, 6) is -0.791. The molecule has 0 aliphatic rings. The van der Waals surface area contributed by atoms with Gasteiger partial charge >= 0.3 is 12.0 Å². The van der Waals surface area contributed by atoms with Gasteiger partial charge in [0.25, 0.3) is 0 Å². The number of ether oxygens (including phenoxy) is 1. The molecule has 2 amide bonds. The Bertz CT molecular complexity index is 652. The zero-order chi connectivity index (χ0) is 15.2. The first-order valence-electron chi connectivity index (χ1n) is 6.40. The van der Waals surface area contributed by atoms with Crippen LogP contribution in [-0.2, 0) is 9.53 Å². The van der Waals surface area contributed by atoms with Crippen LogP contribution in [0.5, 0.6) is 0 Å². The van der Waals surface area contributed by atoms with Crippen molar-refractivity contribution in [2.24, 2.45) is 0 Å². The predicted molar refractivity (Wildman–Crippen MR) is 79.0 cm³/mol. The van der Waals surface area contributed by atoms with Crippen LogP contribution >= 0.6 is 0 Å². The van der Waals surface area contributed by atoms with E-state index in [9.17, 15) is 14.7 Å². The molecule has 2 rings (SSSR count). The summed E-state index contributed by atoms with van der Waals surface area (Å²) in [6.45, 7) is -0.219. The van der Waals surface area contributed by atoms with E-state index in [1.165, 1.54) is 7.11 Å². The maximum Gasteiger partial charge on any atom is 0.336 e. The average Bonchev–Trinajstić information content (AvgIpc) is 2.52. The molecule has 0 spiro atoms. The van der Waals surface area contributed by atoms with Crippen molar-refractivity contribution in [3.8, 4) is 0 Å². The fourth-order valence-electron chi connectivity index (χ4n) is 1.91. The molecule has 2 aromatic rings. The molecule has 110 valence electrons. The number of benzene rings is 2. The van der Waals surface area contributed by atoms with E-state index in [0.717, 1.165) is 10.8 Å². The van der Waals surface area contributed by atoms with Crippen LogP contribution in [-0.4, -0.2) is 36.9 Å². The lowest BCUT2D eigenvalue weighted by molar-refractivity contribution is -0.149. The standard InChI is InChI=1S/C15H16N2O4/c1-21-14(19)13(18)9-16-15(20)17-12-8-4-6-10-5-2-3-7-11(10)12/h2-8,13,18H,9H2,1H3,(H2,16,17,20). The van der Waals surface area contributed by atoms with Crippen LogP contribution in [0, 0.1) is 0 Å². The quantitative estimate of drug-likeness (QED) is 0.744. The molecule has 1 unspecified atom stereocenters. The van der Waals surface area contributed by atoms with E-state index in [1.807, 2.05) is 36.4 Å². The first-order valence-corrected chi connectivity index (χ1v) is 6.40. The largest absolute Gasteiger partial charge is 0.467 e. The molecule has 0 heterocycles. The number of aliphatic hydroxyl groups is 1. The molecule has 0 fully saturated rings. The van der Waals surface area contributed by atoms with Crippen molar-refractivity contribution in [2.45, 2.75) is 6.10 Å². The summed E-state index contributed by atoms with van der Waals surface area (Å²) in [5.41, 5.74) is 0.651. The van der Waals surface area contributed by atoms with Gasteiger partial charge < -0.3 is 20.5 Å². The van der Waals surface area contributed by atoms with Crippen molar-refractivity contribution in [1.29, 1.82) is 0 Å². The van der Waals surface area contributed by atoms with Crippen molar-refractivity contribution in [1.82, 2.24) is 5.32 Å². The highest BCUT2D eigenvalue weighted by atomic mass is 16.5. The lowest BCUT2D eigenvalue weighted by atomic mass is 10.1. The van der Waals surface area contributed by atoms with Gasteiger partial charge in [0.05, 0.1) is 19.3 Å². The summed E-state index contributed by atoms with van der Waals surface area (Å²) < 4.78 is 4.36. The summed E-state index contributed by atoms with van der Waals surface area (Å²) in [5, 5.41) is 16.4. The number of urea groups is 1. The van der Waals surface area contributed by atoms with E-state index in [-0.39, 0.29) is 6.54 Å². The molecule has 0 bridgehead atoms. The molecule has 2 aromatic carbocycles. The van der Waals surface area contributed by atoms with Crippen molar-refractivity contribution in [3.63, 3.8) is 0 Å². The number of aliphatic hydroxyl groups excluding tert-OH is 1. The van der Waals surface area contributed by atoms with Gasteiger partial charge in [-0.1, -0.05) is 36.4 Å². The van der Waals surface area contributed by atoms with Gasteiger partial charge in [-0.05, 0) is 11.5 Å². The summed E-state index contributed by atoms with van der Waals surface area (Å²) in [6, 6.07) is 12.7. The minimum absolute atomic E-state index is 0.219. The minimum atomic E-state index is -1.38. The number of fused-ring (bicyclic) bond motifs is 1. The van der Waals surface area contributed by atoms with E-state index in [2.05, 4.69) is 15.4 Å². The molecule has 21 heavy (non-hydrogen) atoms. The Labute approximate surface area is 121 Å². The molecule has 3 N–H and O–H groups in total. The summed E-state index contributed by atoms with van der Waals surface area (Å²) >= 11 is 0. The lowest BCUT2D eigenvalue weighted by Crippen LogP contribution is -2.39. The Morgan fingerprint density at radius 1 is 1.19 bits per heavy atom. The molecule has 0 saturated carbocycles. The average molecular weight is 288 g/mol. The molecule has 6 nitrogen and oxygen atoms in total. The Kier molecular flexibility index (Phi) is 4.73. The highest BCUT2D eigenvalue weighted by molar-refractivity contribution is 6.01. The zero-order valence-corrected chi connectivity index (χ0v) is 11.5. The first kappa shape index (κ1) is 14.8. The fourth-order valence-corrected chi connectivity index (χ4v) is 1.91. The van der Waals surface area contributed by atoms with Crippen molar-refractivity contribution < 1.29 is 19.4 Å². The number of carbonyl (C=O) groups is 2. The molecular formula is C15H16N2O4. The van der Waals surface area contributed by atoms with Crippen LogP contribution in [0.1, 0.15) is 0 Å². The van der Waals surface area contributed by atoms with E-state index in [1.54, 1.807) is 6.07 Å². The van der Waals surface area contributed by atoms with Crippen LogP contribution in [0.2, 0.25) is 0 Å². The second kappa shape index (κ2) is 6.71. The number of nitrogens with one attached hydrogen (secondary N) is 2. The van der Waals surface area contributed by atoms with E-state index in [0.29, 0.717) is 5.69 Å². The van der Waals surface area contributed by atoms with Gasteiger partial charge in [-0.15, -0.1) is 0 Å². The zero-order valence-electron chi connectivity index (χ0n) is 11.5. The van der Waals surface area contributed by atoms with E-state index in [4.69, 9.17) is 0 Å². The van der Waals surface area contributed by atoms with Crippen molar-refractivity contribution in [3.05, 3.63) is 42.5 Å². The summed E-state index contributed by atoms with van der Waals surface area (Å²) in [4.78, 5) is 22.8. The summed E-state index contributed by atoms with van der Waals surface area (Å²) in [7, 11) is 1.17. The Balaban J connectivity index is 2.00. The predicted octanol–water partition coefficient (Wildman–Crippen LogP) is 1.50. The topological polar surface area (TPSA) is 87.7 Å². The van der Waals surface area contributed by atoms with E-state index >= 15 is 0 Å². The maximum atomic E-state index is 11.8. The second-order valence-corrected chi connectivity index (χ2v) is 4.40. The van der Waals surface area contributed by atoms with Crippen LogP contribution in [0.4, 0.5) is 10.5 Å². The van der Waals surface area contributed by atoms with Crippen LogP contribution in [0.15, 0.2) is 42.5 Å². The monoisotopic (exact) mass is 288 g/mol. The van der Waals surface area contributed by atoms with Crippen LogP contribution in [0.25, 0.3) is 10.8 Å². The molecular weight excluding hydrogens is 272 g/mol. The third-order valence-corrected chi connectivity index (χ3v) is 2.97. The number of carbonyl (C=O) groups excluding carboxylic acids is 2. The first-order chi connectivity index (χ1) is 10.1. The number of hydrogen-bond acceptors (Lipinski definition) is 4. The van der Waals surface area contributed by atoms with Crippen LogP contribution < -0.4 is 10.6 Å². The highest BCUT2D eigenvalue weighted by Crippen LogP contribution is 2.22. The maximum absolute atomic E-state index is 11.8. The Hall–Kier alpha value is -2.60. The molecule has 0 saturated heterocycles. The molecule has 1 atom stereocenters. The number of methoxy groups -OCH3 is 1. The van der Waals surface area contributed by atoms with Gasteiger partial charge in [-0.2, -0.15) is 0 Å². The van der Waals surface area contributed by atoms with Gasteiger partial charge in [0.1, 0.15) is 0 Å².